The van der Waals surface area contributed by atoms with Crippen LogP contribution in [-0.2, 0) is 12.8 Å². The van der Waals surface area contributed by atoms with Gasteiger partial charge in [0, 0.05) is 12.0 Å². The zero-order valence-corrected chi connectivity index (χ0v) is 16.1. The fraction of sp³-hybridized carbons (Fsp3) is 0.714. The Labute approximate surface area is 152 Å². The highest BCUT2D eigenvalue weighted by Crippen LogP contribution is 2.37. The van der Waals surface area contributed by atoms with Crippen molar-refractivity contribution in [3.05, 3.63) is 22.7 Å². The number of hydrogen-bond acceptors (Lipinski definition) is 4. The third kappa shape index (κ3) is 4.60. The van der Waals surface area contributed by atoms with Gasteiger partial charge >= 0.3 is 0 Å². The smallest absolute Gasteiger partial charge is 0.131 e. The third-order valence-corrected chi connectivity index (χ3v) is 5.68. The molecular weight excluding hydrogens is 308 g/mol. The van der Waals surface area contributed by atoms with Gasteiger partial charge in [0.1, 0.15) is 11.6 Å². The van der Waals surface area contributed by atoms with Crippen LogP contribution in [0.2, 0.25) is 0 Å². The van der Waals surface area contributed by atoms with E-state index in [1.807, 2.05) is 0 Å². The van der Waals surface area contributed by atoms with Crippen LogP contribution < -0.4 is 5.73 Å². The van der Waals surface area contributed by atoms with Gasteiger partial charge in [-0.05, 0) is 77.1 Å². The normalized spacial score (nSPS) is 18.0. The van der Waals surface area contributed by atoms with E-state index < -0.39 is 0 Å². The maximum absolute atomic E-state index is 6.24. The number of nitrogens with two attached hydrogens (primary N) is 1. The minimum atomic E-state index is 0.707. The molecule has 0 spiro atoms. The molecule has 0 amide bonds. The molecule has 1 aromatic rings. The average Bonchev–Trinajstić information content (AvgIpc) is 2.94. The van der Waals surface area contributed by atoms with E-state index >= 15 is 0 Å². The molecular formula is C21H34N4. The number of likely N-dealkylation sites (tertiary alicyclic amines) is 1. The van der Waals surface area contributed by atoms with Gasteiger partial charge in [-0.3, -0.25) is 0 Å². The molecule has 0 saturated carbocycles. The largest absolute Gasteiger partial charge is 0.383 e. The van der Waals surface area contributed by atoms with E-state index in [0.29, 0.717) is 5.82 Å². The summed E-state index contributed by atoms with van der Waals surface area (Å²) in [6.07, 6.45) is 12.0. The molecule has 1 aliphatic carbocycles. The lowest BCUT2D eigenvalue weighted by molar-refractivity contribution is 0.225. The van der Waals surface area contributed by atoms with Crippen LogP contribution in [0.4, 0.5) is 5.82 Å². The van der Waals surface area contributed by atoms with Gasteiger partial charge in [-0.1, -0.05) is 25.3 Å². The summed E-state index contributed by atoms with van der Waals surface area (Å²) >= 11 is 0. The number of aryl methyl sites for hydroxylation is 1. The van der Waals surface area contributed by atoms with Crippen LogP contribution in [0.15, 0.2) is 5.57 Å². The van der Waals surface area contributed by atoms with E-state index in [1.165, 1.54) is 74.9 Å². The number of nitrogen functional groups attached to an aromatic ring is 1. The number of aromatic nitrogens is 2. The Morgan fingerprint density at radius 2 is 1.80 bits per heavy atom. The van der Waals surface area contributed by atoms with Crippen molar-refractivity contribution >= 4 is 11.4 Å². The molecule has 138 valence electrons. The van der Waals surface area contributed by atoms with Crippen molar-refractivity contribution < 1.29 is 0 Å². The molecule has 4 nitrogen and oxygen atoms in total. The molecule has 0 unspecified atom stereocenters. The first-order chi connectivity index (χ1) is 12.2. The van der Waals surface area contributed by atoms with Crippen molar-refractivity contribution in [3.63, 3.8) is 0 Å². The molecule has 2 heterocycles. The standard InChI is InChI=1S/C21H34N4/c1-3-4-11-19-23-20-17(16(2)15-18(20)21(22)24-19)10-6-9-14-25-12-7-5-8-13-25/h3-15H2,1-2H3,(H2,22,23,24). The van der Waals surface area contributed by atoms with Gasteiger partial charge in [-0.15, -0.1) is 0 Å². The van der Waals surface area contributed by atoms with Gasteiger partial charge in [-0.2, -0.15) is 0 Å². The van der Waals surface area contributed by atoms with Crippen molar-refractivity contribution in [3.8, 4) is 0 Å². The SMILES string of the molecule is CCCCc1nc(N)c2c(n1)C(CCCCN1CCCCC1)=C(C)C2. The molecule has 0 radical (unpaired) electrons. The second-order valence-electron chi connectivity index (χ2n) is 7.75. The molecule has 0 atom stereocenters. The highest BCUT2D eigenvalue weighted by molar-refractivity contribution is 5.76. The lowest BCUT2D eigenvalue weighted by Gasteiger charge is -2.26. The topological polar surface area (TPSA) is 55.0 Å². The zero-order valence-electron chi connectivity index (χ0n) is 16.1. The van der Waals surface area contributed by atoms with Crippen LogP contribution in [-0.4, -0.2) is 34.5 Å². The van der Waals surface area contributed by atoms with E-state index in [-0.39, 0.29) is 0 Å². The number of anilines is 1. The van der Waals surface area contributed by atoms with Crippen molar-refractivity contribution in [2.75, 3.05) is 25.4 Å². The van der Waals surface area contributed by atoms with Gasteiger partial charge in [0.2, 0.25) is 0 Å². The quantitative estimate of drug-likeness (QED) is 0.712. The molecule has 25 heavy (non-hydrogen) atoms. The zero-order chi connectivity index (χ0) is 17.6. The minimum Gasteiger partial charge on any atom is -0.383 e. The van der Waals surface area contributed by atoms with Crippen LogP contribution in [0.3, 0.4) is 0 Å². The molecule has 1 saturated heterocycles. The first kappa shape index (κ1) is 18.4. The van der Waals surface area contributed by atoms with Crippen molar-refractivity contribution in [1.29, 1.82) is 0 Å². The Morgan fingerprint density at radius 1 is 1.00 bits per heavy atom. The summed E-state index contributed by atoms with van der Waals surface area (Å²) in [5, 5.41) is 0. The van der Waals surface area contributed by atoms with Crippen molar-refractivity contribution in [1.82, 2.24) is 14.9 Å². The minimum absolute atomic E-state index is 0.707. The van der Waals surface area contributed by atoms with Gasteiger partial charge in [-0.25, -0.2) is 9.97 Å². The van der Waals surface area contributed by atoms with E-state index in [1.54, 1.807) is 0 Å². The summed E-state index contributed by atoms with van der Waals surface area (Å²) in [5.74, 6) is 1.64. The number of allylic oxidation sites excluding steroid dienone is 2. The summed E-state index contributed by atoms with van der Waals surface area (Å²) in [5.41, 5.74) is 11.5. The van der Waals surface area contributed by atoms with Crippen molar-refractivity contribution in [2.24, 2.45) is 0 Å². The number of rotatable bonds is 8. The highest BCUT2D eigenvalue weighted by Gasteiger charge is 2.24. The lowest BCUT2D eigenvalue weighted by atomic mass is 10.0. The van der Waals surface area contributed by atoms with Gasteiger partial charge in [0.05, 0.1) is 5.69 Å². The van der Waals surface area contributed by atoms with Crippen LogP contribution in [0.5, 0.6) is 0 Å². The molecule has 4 heteroatoms. The number of hydrogen-bond donors (Lipinski definition) is 1. The predicted molar refractivity (Wildman–Crippen MR) is 105 cm³/mol. The maximum Gasteiger partial charge on any atom is 0.131 e. The molecule has 3 rings (SSSR count). The maximum atomic E-state index is 6.24. The van der Waals surface area contributed by atoms with Crippen LogP contribution in [0.25, 0.3) is 5.57 Å². The van der Waals surface area contributed by atoms with Crippen LogP contribution in [0.1, 0.15) is 82.3 Å². The molecule has 2 N–H and O–H groups in total. The van der Waals surface area contributed by atoms with Gasteiger partial charge < -0.3 is 10.6 Å². The first-order valence-electron chi connectivity index (χ1n) is 10.3. The monoisotopic (exact) mass is 342 g/mol. The van der Waals surface area contributed by atoms with Crippen LogP contribution >= 0.6 is 0 Å². The summed E-state index contributed by atoms with van der Waals surface area (Å²) in [4.78, 5) is 12.1. The molecule has 2 aliphatic rings. The van der Waals surface area contributed by atoms with E-state index in [2.05, 4.69) is 23.7 Å². The third-order valence-electron chi connectivity index (χ3n) is 5.68. The second-order valence-corrected chi connectivity index (χ2v) is 7.75. The van der Waals surface area contributed by atoms with E-state index in [9.17, 15) is 0 Å². The lowest BCUT2D eigenvalue weighted by Crippen LogP contribution is -2.30. The van der Waals surface area contributed by atoms with E-state index in [4.69, 9.17) is 10.7 Å². The predicted octanol–water partition coefficient (Wildman–Crippen LogP) is 4.39. The number of fused-ring (bicyclic) bond motifs is 1. The molecule has 1 fully saturated rings. The Kier molecular flexibility index (Phi) is 6.46. The number of piperidine rings is 1. The molecule has 0 aromatic carbocycles. The number of nitrogens with zero attached hydrogens (tertiary/aromatic N) is 3. The Balaban J connectivity index is 1.59. The second kappa shape index (κ2) is 8.79. The Bertz CT molecular complexity index is 615. The van der Waals surface area contributed by atoms with Gasteiger partial charge in [0.25, 0.3) is 0 Å². The Morgan fingerprint density at radius 3 is 2.56 bits per heavy atom. The Hall–Kier alpha value is -1.42. The molecule has 1 aromatic heterocycles. The molecule has 0 bridgehead atoms. The van der Waals surface area contributed by atoms with Crippen molar-refractivity contribution in [2.45, 2.75) is 78.1 Å². The fourth-order valence-electron chi connectivity index (χ4n) is 4.15. The first-order valence-corrected chi connectivity index (χ1v) is 10.3. The fourth-order valence-corrected chi connectivity index (χ4v) is 4.15. The summed E-state index contributed by atoms with van der Waals surface area (Å²) in [6.45, 7) is 8.30. The van der Waals surface area contributed by atoms with Gasteiger partial charge in [0.15, 0.2) is 0 Å². The highest BCUT2D eigenvalue weighted by atomic mass is 15.1. The summed E-state index contributed by atoms with van der Waals surface area (Å²) < 4.78 is 0. The number of unbranched alkanes of at least 4 members (excludes halogenated alkanes) is 2. The molecule has 1 aliphatic heterocycles. The average molecular weight is 343 g/mol. The van der Waals surface area contributed by atoms with Crippen LogP contribution in [0, 0.1) is 0 Å². The summed E-state index contributed by atoms with van der Waals surface area (Å²) in [7, 11) is 0. The summed E-state index contributed by atoms with van der Waals surface area (Å²) in [6, 6.07) is 0. The van der Waals surface area contributed by atoms with E-state index in [0.717, 1.165) is 37.2 Å².